The van der Waals surface area contributed by atoms with Gasteiger partial charge in [0, 0.05) is 0 Å². The van der Waals surface area contributed by atoms with Gasteiger partial charge in [-0.25, -0.2) is 4.79 Å². The summed E-state index contributed by atoms with van der Waals surface area (Å²) in [6, 6.07) is 5.84. The quantitative estimate of drug-likeness (QED) is 0.511. The molecule has 0 bridgehead atoms. The molecule has 0 aliphatic rings. The number of aryl methyl sites for hydroxylation is 2. The summed E-state index contributed by atoms with van der Waals surface area (Å²) in [5.41, 5.74) is 5.73. The van der Waals surface area contributed by atoms with E-state index in [9.17, 15) is 4.79 Å². The van der Waals surface area contributed by atoms with E-state index in [1.54, 1.807) is 6.92 Å². The average Bonchev–Trinajstić information content (AvgIpc) is 2.27. The van der Waals surface area contributed by atoms with E-state index in [0.717, 1.165) is 16.8 Å². The second-order valence-electron chi connectivity index (χ2n) is 3.55. The molecule has 1 aromatic carbocycles. The lowest BCUT2D eigenvalue weighted by molar-refractivity contribution is -0.134. The number of carbonyl (C=O) groups is 1. The monoisotopic (exact) mass is 254 g/mol. The normalized spacial score (nSPS) is 11.2. The highest BCUT2D eigenvalue weighted by Gasteiger charge is 2.09. The van der Waals surface area contributed by atoms with E-state index >= 15 is 0 Å². The first kappa shape index (κ1) is 13.5. The van der Waals surface area contributed by atoms with Crippen LogP contribution in [-0.4, -0.2) is 17.7 Å². The predicted octanol–water partition coefficient (Wildman–Crippen LogP) is 2.83. The van der Waals surface area contributed by atoms with Gasteiger partial charge < -0.3 is 4.74 Å². The lowest BCUT2D eigenvalue weighted by atomic mass is 10.1. The van der Waals surface area contributed by atoms with Crippen LogP contribution in [0.15, 0.2) is 23.3 Å². The Morgan fingerprint density at radius 3 is 2.76 bits per heavy atom. The van der Waals surface area contributed by atoms with Crippen molar-refractivity contribution in [2.75, 3.05) is 12.0 Å². The van der Waals surface area contributed by atoms with Crippen LogP contribution >= 0.6 is 11.6 Å². The lowest BCUT2D eigenvalue weighted by Gasteiger charge is -2.06. The second kappa shape index (κ2) is 6.25. The summed E-state index contributed by atoms with van der Waals surface area (Å²) < 4.78 is 4.70. The van der Waals surface area contributed by atoms with Gasteiger partial charge >= 0.3 is 5.97 Å². The Balaban J connectivity index is 2.72. The van der Waals surface area contributed by atoms with Gasteiger partial charge in [0.25, 0.3) is 0 Å². The first-order valence-electron chi connectivity index (χ1n) is 5.28. The minimum Gasteiger partial charge on any atom is -0.461 e. The van der Waals surface area contributed by atoms with E-state index in [4.69, 9.17) is 16.3 Å². The third-order valence-corrected chi connectivity index (χ3v) is 2.34. The molecule has 17 heavy (non-hydrogen) atoms. The van der Waals surface area contributed by atoms with Crippen molar-refractivity contribution < 1.29 is 9.53 Å². The summed E-state index contributed by atoms with van der Waals surface area (Å²) in [5.74, 6) is -0.633. The van der Waals surface area contributed by atoms with Crippen molar-refractivity contribution in [1.29, 1.82) is 0 Å². The Kier molecular flexibility index (Phi) is 4.97. The number of halogens is 1. The molecule has 92 valence electrons. The highest BCUT2D eigenvalue weighted by atomic mass is 35.5. The van der Waals surface area contributed by atoms with Gasteiger partial charge in [-0.05, 0) is 32.4 Å². The number of rotatable bonds is 4. The Morgan fingerprint density at radius 1 is 1.47 bits per heavy atom. The molecule has 1 rings (SSSR count). The van der Waals surface area contributed by atoms with Crippen LogP contribution < -0.4 is 5.43 Å². The van der Waals surface area contributed by atoms with Crippen LogP contribution in [0.1, 0.15) is 18.1 Å². The first-order chi connectivity index (χ1) is 8.04. The van der Waals surface area contributed by atoms with Gasteiger partial charge in [0.15, 0.2) is 0 Å². The average molecular weight is 255 g/mol. The number of nitrogens with zero attached hydrogens (tertiary/aromatic N) is 1. The molecule has 0 atom stereocenters. The number of carbonyl (C=O) groups excluding carboxylic acids is 1. The van der Waals surface area contributed by atoms with Gasteiger partial charge in [-0.1, -0.05) is 29.3 Å². The third-order valence-electron chi connectivity index (χ3n) is 2.10. The number of ether oxygens (including phenoxy) is 1. The van der Waals surface area contributed by atoms with Crippen molar-refractivity contribution in [1.82, 2.24) is 0 Å². The van der Waals surface area contributed by atoms with E-state index < -0.39 is 5.97 Å². The molecule has 0 aliphatic carbocycles. The largest absolute Gasteiger partial charge is 0.461 e. The molecular weight excluding hydrogens is 240 g/mol. The van der Waals surface area contributed by atoms with Crippen molar-refractivity contribution in [3.8, 4) is 0 Å². The first-order valence-corrected chi connectivity index (χ1v) is 5.66. The molecule has 0 radical (unpaired) electrons. The minimum absolute atomic E-state index is 0.216. The standard InChI is InChI=1S/C12H15ClN2O2/c1-4-17-12(16)11(13)15-14-10-6-5-8(2)7-9(10)3/h5-7,14H,4H2,1-3H3/b15-11-. The summed E-state index contributed by atoms with van der Waals surface area (Å²) in [5, 5.41) is 3.55. The molecular formula is C12H15ClN2O2. The molecule has 0 fully saturated rings. The molecule has 0 saturated carbocycles. The number of hydrazone groups is 1. The van der Waals surface area contributed by atoms with Crippen molar-refractivity contribution in [2.24, 2.45) is 5.10 Å². The predicted molar refractivity (Wildman–Crippen MR) is 69.5 cm³/mol. The van der Waals surface area contributed by atoms with Crippen molar-refractivity contribution in [2.45, 2.75) is 20.8 Å². The summed E-state index contributed by atoms with van der Waals surface area (Å²) >= 11 is 5.66. The van der Waals surface area contributed by atoms with E-state index in [1.807, 2.05) is 32.0 Å². The fraction of sp³-hybridized carbons (Fsp3) is 0.333. The number of benzene rings is 1. The van der Waals surface area contributed by atoms with Gasteiger partial charge in [0.2, 0.25) is 5.17 Å². The molecule has 1 N–H and O–H groups in total. The number of anilines is 1. The fourth-order valence-electron chi connectivity index (χ4n) is 1.28. The van der Waals surface area contributed by atoms with Crippen LogP contribution in [0, 0.1) is 13.8 Å². The summed E-state index contributed by atoms with van der Waals surface area (Å²) in [6.07, 6.45) is 0. The van der Waals surface area contributed by atoms with Gasteiger partial charge in [-0.15, -0.1) is 0 Å². The van der Waals surface area contributed by atoms with Crippen LogP contribution in [0.3, 0.4) is 0 Å². The Labute approximate surface area is 106 Å². The number of hydrogen-bond acceptors (Lipinski definition) is 4. The van der Waals surface area contributed by atoms with Crippen molar-refractivity contribution in [3.05, 3.63) is 29.3 Å². The van der Waals surface area contributed by atoms with Gasteiger partial charge in [0.05, 0.1) is 12.3 Å². The van der Waals surface area contributed by atoms with E-state index in [0.29, 0.717) is 0 Å². The Bertz CT molecular complexity index is 444. The van der Waals surface area contributed by atoms with Crippen LogP contribution in [0.5, 0.6) is 0 Å². The SMILES string of the molecule is CCOC(=O)/C(Cl)=N/Nc1ccc(C)cc1C. The highest BCUT2D eigenvalue weighted by molar-refractivity contribution is 6.82. The highest BCUT2D eigenvalue weighted by Crippen LogP contribution is 2.15. The van der Waals surface area contributed by atoms with Crippen LogP contribution in [0.25, 0.3) is 0 Å². The summed E-state index contributed by atoms with van der Waals surface area (Å²) in [4.78, 5) is 11.2. The molecule has 1 aromatic rings. The topological polar surface area (TPSA) is 50.7 Å². The minimum atomic E-state index is -0.633. The summed E-state index contributed by atoms with van der Waals surface area (Å²) in [6.45, 7) is 5.93. The molecule has 0 aliphatic heterocycles. The van der Waals surface area contributed by atoms with Gasteiger partial charge in [-0.3, -0.25) is 5.43 Å². The molecule has 0 aromatic heterocycles. The maximum Gasteiger partial charge on any atom is 0.370 e. The Hall–Kier alpha value is -1.55. The Morgan fingerprint density at radius 2 is 2.18 bits per heavy atom. The maximum absolute atomic E-state index is 11.2. The van der Waals surface area contributed by atoms with Crippen LogP contribution in [-0.2, 0) is 9.53 Å². The maximum atomic E-state index is 11.2. The van der Waals surface area contributed by atoms with Crippen LogP contribution in [0.2, 0.25) is 0 Å². The zero-order valence-corrected chi connectivity index (χ0v) is 10.8. The smallest absolute Gasteiger partial charge is 0.370 e. The number of hydrogen-bond donors (Lipinski definition) is 1. The molecule has 0 saturated heterocycles. The second-order valence-corrected chi connectivity index (χ2v) is 3.91. The van der Waals surface area contributed by atoms with Crippen molar-refractivity contribution >= 4 is 28.4 Å². The van der Waals surface area contributed by atoms with Gasteiger partial charge in [-0.2, -0.15) is 5.10 Å². The molecule has 4 nitrogen and oxygen atoms in total. The fourth-order valence-corrected chi connectivity index (χ4v) is 1.38. The lowest BCUT2D eigenvalue weighted by Crippen LogP contribution is -2.13. The third kappa shape index (κ3) is 4.07. The zero-order chi connectivity index (χ0) is 12.8. The number of esters is 1. The molecule has 5 heteroatoms. The van der Waals surface area contributed by atoms with E-state index in [1.165, 1.54) is 0 Å². The zero-order valence-electron chi connectivity index (χ0n) is 10.1. The number of nitrogens with one attached hydrogen (secondary N) is 1. The molecule has 0 unspecified atom stereocenters. The molecule has 0 amide bonds. The van der Waals surface area contributed by atoms with Crippen LogP contribution in [0.4, 0.5) is 5.69 Å². The molecule has 0 spiro atoms. The van der Waals surface area contributed by atoms with Gasteiger partial charge in [0.1, 0.15) is 0 Å². The summed E-state index contributed by atoms with van der Waals surface area (Å²) in [7, 11) is 0. The van der Waals surface area contributed by atoms with E-state index in [-0.39, 0.29) is 11.8 Å². The van der Waals surface area contributed by atoms with E-state index in [2.05, 4.69) is 10.5 Å². The molecule has 0 heterocycles. The van der Waals surface area contributed by atoms with Crippen molar-refractivity contribution in [3.63, 3.8) is 0 Å².